The molecule has 39 heavy (non-hydrogen) atoms. The Morgan fingerprint density at radius 2 is 1.74 bits per heavy atom. The number of aryl methyl sites for hydroxylation is 2. The van der Waals surface area contributed by atoms with Crippen LogP contribution in [-0.4, -0.2) is 52.0 Å². The number of alkyl halides is 1. The first-order chi connectivity index (χ1) is 19.0. The fourth-order valence-electron chi connectivity index (χ4n) is 4.06. The summed E-state index contributed by atoms with van der Waals surface area (Å²) in [5.41, 5.74) is 4.39. The van der Waals surface area contributed by atoms with Gasteiger partial charge in [0.1, 0.15) is 23.4 Å². The van der Waals surface area contributed by atoms with E-state index in [2.05, 4.69) is 24.0 Å². The van der Waals surface area contributed by atoms with Crippen molar-refractivity contribution in [3.63, 3.8) is 0 Å². The van der Waals surface area contributed by atoms with Crippen LogP contribution < -0.4 is 14.4 Å². The maximum atomic E-state index is 11.7. The van der Waals surface area contributed by atoms with Crippen LogP contribution in [0.4, 0.5) is 10.2 Å². The first-order valence-electron chi connectivity index (χ1n) is 13.0. The summed E-state index contributed by atoms with van der Waals surface area (Å²) in [6.45, 7) is 5.65. The van der Waals surface area contributed by atoms with Crippen LogP contribution in [-0.2, 0) is 22.4 Å². The number of carbonyl (C=O) groups is 1. The Bertz CT molecular complexity index is 1230. The van der Waals surface area contributed by atoms with Crippen molar-refractivity contribution in [1.29, 1.82) is 5.26 Å². The van der Waals surface area contributed by atoms with E-state index in [1.807, 2.05) is 62.5 Å². The van der Waals surface area contributed by atoms with Gasteiger partial charge in [-0.1, -0.05) is 13.0 Å². The SMILES string of the molecule is CCOC(=O)CCc1ccc(OCCCN(C)c2ccc(C#N)c(-c3ccc(OC)cc3)n2)cc1CC.CF. The average Bonchev–Trinajstić information content (AvgIpc) is 2.99. The summed E-state index contributed by atoms with van der Waals surface area (Å²) in [7, 11) is 4.11. The molecule has 0 radical (unpaired) electrons. The van der Waals surface area contributed by atoms with E-state index in [9.17, 15) is 14.4 Å². The summed E-state index contributed by atoms with van der Waals surface area (Å²) in [5, 5.41) is 9.56. The number of hydrogen-bond acceptors (Lipinski definition) is 7. The molecule has 0 aliphatic rings. The molecule has 2 aromatic carbocycles. The lowest BCUT2D eigenvalue weighted by atomic mass is 10.0. The Morgan fingerprint density at radius 1 is 1.03 bits per heavy atom. The van der Waals surface area contributed by atoms with E-state index in [0.29, 0.717) is 44.5 Å². The summed E-state index contributed by atoms with van der Waals surface area (Å²) in [6.07, 6.45) is 2.74. The number of halogens is 1. The molecule has 0 saturated carbocycles. The van der Waals surface area contributed by atoms with Gasteiger partial charge in [-0.25, -0.2) is 4.98 Å². The third kappa shape index (κ3) is 9.29. The predicted molar refractivity (Wildman–Crippen MR) is 152 cm³/mol. The number of hydrogen-bond donors (Lipinski definition) is 0. The van der Waals surface area contributed by atoms with Gasteiger partial charge in [-0.05, 0) is 85.8 Å². The molecular weight excluding hydrogens is 497 g/mol. The predicted octanol–water partition coefficient (Wildman–Crippen LogP) is 6.18. The van der Waals surface area contributed by atoms with Crippen LogP contribution in [0.15, 0.2) is 54.6 Å². The van der Waals surface area contributed by atoms with Crippen molar-refractivity contribution in [2.75, 3.05) is 46.0 Å². The molecule has 7 nitrogen and oxygen atoms in total. The van der Waals surface area contributed by atoms with Crippen LogP contribution >= 0.6 is 0 Å². The Kier molecular flexibility index (Phi) is 13.3. The molecule has 3 rings (SSSR count). The largest absolute Gasteiger partial charge is 0.497 e. The highest BCUT2D eigenvalue weighted by molar-refractivity contribution is 5.70. The van der Waals surface area contributed by atoms with Crippen molar-refractivity contribution in [3.05, 3.63) is 71.3 Å². The number of esters is 1. The van der Waals surface area contributed by atoms with Crippen LogP contribution in [0.2, 0.25) is 0 Å². The number of ether oxygens (including phenoxy) is 3. The van der Waals surface area contributed by atoms with E-state index in [1.165, 1.54) is 5.56 Å². The zero-order valence-electron chi connectivity index (χ0n) is 23.5. The van der Waals surface area contributed by atoms with Crippen LogP contribution in [0.1, 0.15) is 43.4 Å². The van der Waals surface area contributed by atoms with Gasteiger partial charge in [-0.15, -0.1) is 0 Å². The normalized spacial score (nSPS) is 10.1. The molecule has 0 fully saturated rings. The van der Waals surface area contributed by atoms with E-state index in [1.54, 1.807) is 7.11 Å². The van der Waals surface area contributed by atoms with Gasteiger partial charge in [-0.2, -0.15) is 5.26 Å². The molecule has 1 heterocycles. The molecule has 0 aliphatic heterocycles. The number of nitrogens with zero attached hydrogens (tertiary/aromatic N) is 3. The first-order valence-corrected chi connectivity index (χ1v) is 13.0. The standard InChI is InChI=1S/C30H35N3O4.CH3F/c1-5-22-20-27(15-8-23(22)12-17-29(34)36-6-2)37-19-7-18-33(3)28-16-11-25(21-31)30(32-28)24-9-13-26(35-4)14-10-24;1-2/h8-11,13-16,20H,5-7,12,17-19H2,1-4H3;1H3. The van der Waals surface area contributed by atoms with Gasteiger partial charge in [0, 0.05) is 25.6 Å². The maximum absolute atomic E-state index is 11.7. The lowest BCUT2D eigenvalue weighted by molar-refractivity contribution is -0.143. The number of rotatable bonds is 13. The molecule has 3 aromatic rings. The van der Waals surface area contributed by atoms with Gasteiger partial charge in [0.05, 0.1) is 38.8 Å². The smallest absolute Gasteiger partial charge is 0.306 e. The Labute approximate surface area is 231 Å². The molecule has 0 spiro atoms. The Morgan fingerprint density at radius 3 is 2.38 bits per heavy atom. The molecule has 208 valence electrons. The zero-order valence-corrected chi connectivity index (χ0v) is 23.5. The molecule has 0 amide bonds. The summed E-state index contributed by atoms with van der Waals surface area (Å²) in [4.78, 5) is 18.5. The highest BCUT2D eigenvalue weighted by Crippen LogP contribution is 2.26. The Hall–Kier alpha value is -4.12. The average molecular weight is 536 g/mol. The molecule has 8 heteroatoms. The highest BCUT2D eigenvalue weighted by Gasteiger charge is 2.12. The van der Waals surface area contributed by atoms with Crippen LogP contribution in [0.25, 0.3) is 11.3 Å². The molecule has 0 bridgehead atoms. The monoisotopic (exact) mass is 535 g/mol. The number of aromatic nitrogens is 1. The number of pyridine rings is 1. The molecule has 0 unspecified atom stereocenters. The second kappa shape index (κ2) is 16.7. The quantitative estimate of drug-likeness (QED) is 0.191. The molecule has 1 aromatic heterocycles. The fraction of sp³-hybridized carbons (Fsp3) is 0.387. The zero-order chi connectivity index (χ0) is 28.6. The van der Waals surface area contributed by atoms with Crippen molar-refractivity contribution in [2.45, 2.75) is 39.5 Å². The van der Waals surface area contributed by atoms with Crippen LogP contribution in [0.3, 0.4) is 0 Å². The van der Waals surface area contributed by atoms with Crippen molar-refractivity contribution in [3.8, 4) is 28.8 Å². The summed E-state index contributed by atoms with van der Waals surface area (Å²) < 4.78 is 25.8. The fourth-order valence-corrected chi connectivity index (χ4v) is 4.06. The number of benzene rings is 2. The van der Waals surface area contributed by atoms with Crippen molar-refractivity contribution in [1.82, 2.24) is 4.98 Å². The number of anilines is 1. The van der Waals surface area contributed by atoms with Crippen LogP contribution in [0.5, 0.6) is 11.5 Å². The molecule has 0 aliphatic carbocycles. The third-order valence-corrected chi connectivity index (χ3v) is 6.12. The van der Waals surface area contributed by atoms with Crippen molar-refractivity contribution in [2.24, 2.45) is 0 Å². The van der Waals surface area contributed by atoms with Gasteiger partial charge in [-0.3, -0.25) is 9.18 Å². The number of carbonyl (C=O) groups excluding carboxylic acids is 1. The molecule has 0 atom stereocenters. The number of nitriles is 1. The third-order valence-electron chi connectivity index (χ3n) is 6.12. The van der Waals surface area contributed by atoms with Gasteiger partial charge < -0.3 is 19.1 Å². The Balaban J connectivity index is 0.00000260. The van der Waals surface area contributed by atoms with E-state index in [4.69, 9.17) is 19.2 Å². The topological polar surface area (TPSA) is 84.7 Å². The molecule has 0 saturated heterocycles. The maximum Gasteiger partial charge on any atom is 0.306 e. The van der Waals surface area contributed by atoms with Gasteiger partial charge >= 0.3 is 5.97 Å². The second-order valence-electron chi connectivity index (χ2n) is 8.62. The number of methoxy groups -OCH3 is 1. The summed E-state index contributed by atoms with van der Waals surface area (Å²) in [6, 6.07) is 19.5. The van der Waals surface area contributed by atoms with Gasteiger partial charge in [0.25, 0.3) is 0 Å². The second-order valence-corrected chi connectivity index (χ2v) is 8.62. The van der Waals surface area contributed by atoms with E-state index in [-0.39, 0.29) is 5.97 Å². The van der Waals surface area contributed by atoms with E-state index in [0.717, 1.165) is 47.8 Å². The van der Waals surface area contributed by atoms with Gasteiger partial charge in [0.15, 0.2) is 0 Å². The highest BCUT2D eigenvalue weighted by atomic mass is 19.1. The molecule has 0 N–H and O–H groups in total. The summed E-state index contributed by atoms with van der Waals surface area (Å²) >= 11 is 0. The van der Waals surface area contributed by atoms with Crippen molar-refractivity contribution < 1.29 is 23.4 Å². The minimum absolute atomic E-state index is 0.165. The minimum atomic E-state index is -0.165. The lowest BCUT2D eigenvalue weighted by Gasteiger charge is -2.19. The summed E-state index contributed by atoms with van der Waals surface area (Å²) in [5.74, 6) is 2.22. The first kappa shape index (κ1) is 31.1. The minimum Gasteiger partial charge on any atom is -0.497 e. The van der Waals surface area contributed by atoms with E-state index >= 15 is 0 Å². The van der Waals surface area contributed by atoms with Crippen LogP contribution in [0, 0.1) is 11.3 Å². The van der Waals surface area contributed by atoms with Gasteiger partial charge in [0.2, 0.25) is 0 Å². The van der Waals surface area contributed by atoms with E-state index < -0.39 is 0 Å². The van der Waals surface area contributed by atoms with Crippen molar-refractivity contribution >= 4 is 11.8 Å². The lowest BCUT2D eigenvalue weighted by Crippen LogP contribution is -2.21. The molecular formula is C31H38FN3O4.